The van der Waals surface area contributed by atoms with E-state index in [1.165, 1.54) is 11.1 Å². The molecule has 2 amide bonds. The van der Waals surface area contributed by atoms with Crippen molar-refractivity contribution in [1.29, 1.82) is 0 Å². The zero-order chi connectivity index (χ0) is 19.4. The molecule has 0 aromatic heterocycles. The monoisotopic (exact) mass is 364 g/mol. The fourth-order valence-corrected chi connectivity index (χ4v) is 3.69. The summed E-state index contributed by atoms with van der Waals surface area (Å²) in [7, 11) is 0. The molecule has 2 aromatic rings. The van der Waals surface area contributed by atoms with Crippen LogP contribution < -0.4 is 10.6 Å². The van der Waals surface area contributed by atoms with Crippen LogP contribution in [0.15, 0.2) is 48.5 Å². The second kappa shape index (κ2) is 8.38. The highest BCUT2D eigenvalue weighted by atomic mass is 16.2. The van der Waals surface area contributed by atoms with Gasteiger partial charge in [0.25, 0.3) is 5.91 Å². The molecule has 0 saturated carbocycles. The van der Waals surface area contributed by atoms with Gasteiger partial charge < -0.3 is 10.6 Å². The number of carbonyl (C=O) groups is 2. The zero-order valence-electron chi connectivity index (χ0n) is 16.3. The highest BCUT2D eigenvalue weighted by Gasteiger charge is 2.28. The van der Waals surface area contributed by atoms with Crippen LogP contribution in [-0.2, 0) is 17.6 Å². The van der Waals surface area contributed by atoms with Gasteiger partial charge in [-0.2, -0.15) is 0 Å². The molecule has 0 fully saturated rings. The van der Waals surface area contributed by atoms with Crippen molar-refractivity contribution in [2.75, 3.05) is 0 Å². The van der Waals surface area contributed by atoms with E-state index in [0.717, 1.165) is 24.8 Å². The Hall–Kier alpha value is -2.62. The third kappa shape index (κ3) is 4.57. The van der Waals surface area contributed by atoms with Gasteiger partial charge in [-0.3, -0.25) is 9.59 Å². The summed E-state index contributed by atoms with van der Waals surface area (Å²) in [5.41, 5.74) is 4.19. The van der Waals surface area contributed by atoms with Gasteiger partial charge in [0.15, 0.2) is 0 Å². The molecular weight excluding hydrogens is 336 g/mol. The van der Waals surface area contributed by atoms with E-state index in [2.05, 4.69) is 28.8 Å². The maximum atomic E-state index is 12.9. The highest BCUT2D eigenvalue weighted by Crippen LogP contribution is 2.21. The maximum Gasteiger partial charge on any atom is 0.252 e. The van der Waals surface area contributed by atoms with Crippen molar-refractivity contribution in [3.05, 3.63) is 70.8 Å². The summed E-state index contributed by atoms with van der Waals surface area (Å²) in [6, 6.07) is 15.4. The minimum atomic E-state index is -0.547. The number of amides is 2. The molecular formula is C23H28N2O2. The van der Waals surface area contributed by atoms with Gasteiger partial charge >= 0.3 is 0 Å². The molecule has 0 spiro atoms. The third-order valence-electron chi connectivity index (χ3n) is 5.32. The molecule has 1 aliphatic rings. The van der Waals surface area contributed by atoms with Crippen molar-refractivity contribution in [3.63, 3.8) is 0 Å². The summed E-state index contributed by atoms with van der Waals surface area (Å²) in [5, 5.41) is 6.09. The molecule has 2 aromatic carbocycles. The van der Waals surface area contributed by atoms with Crippen LogP contribution in [0, 0.1) is 12.8 Å². The number of fused-ring (bicyclic) bond motifs is 1. The van der Waals surface area contributed by atoms with Crippen LogP contribution in [0.2, 0.25) is 0 Å². The molecule has 3 rings (SSSR count). The van der Waals surface area contributed by atoms with E-state index >= 15 is 0 Å². The lowest BCUT2D eigenvalue weighted by molar-refractivity contribution is -0.124. The Morgan fingerprint density at radius 2 is 1.67 bits per heavy atom. The lowest BCUT2D eigenvalue weighted by atomic mass is 9.88. The van der Waals surface area contributed by atoms with Crippen molar-refractivity contribution in [3.8, 4) is 0 Å². The van der Waals surface area contributed by atoms with Crippen LogP contribution in [0.4, 0.5) is 0 Å². The first kappa shape index (κ1) is 19.2. The summed E-state index contributed by atoms with van der Waals surface area (Å²) in [6.45, 7) is 5.82. The van der Waals surface area contributed by atoms with Crippen LogP contribution in [0.1, 0.15) is 47.3 Å². The van der Waals surface area contributed by atoms with Gasteiger partial charge in [0.05, 0.1) is 0 Å². The van der Waals surface area contributed by atoms with Gasteiger partial charge in [-0.15, -0.1) is 0 Å². The van der Waals surface area contributed by atoms with E-state index in [1.807, 2.05) is 45.0 Å². The Kier molecular flexibility index (Phi) is 5.94. The van der Waals surface area contributed by atoms with Gasteiger partial charge in [0.1, 0.15) is 6.04 Å². The average Bonchev–Trinajstić information content (AvgIpc) is 2.65. The predicted octanol–water partition coefficient (Wildman–Crippen LogP) is 3.42. The maximum absolute atomic E-state index is 12.9. The van der Waals surface area contributed by atoms with E-state index in [1.54, 1.807) is 6.07 Å². The predicted molar refractivity (Wildman–Crippen MR) is 108 cm³/mol. The van der Waals surface area contributed by atoms with E-state index in [4.69, 9.17) is 0 Å². The molecule has 0 saturated heterocycles. The first-order valence-corrected chi connectivity index (χ1v) is 9.69. The zero-order valence-corrected chi connectivity index (χ0v) is 16.3. The second-order valence-corrected chi connectivity index (χ2v) is 7.73. The Bertz CT molecular complexity index is 829. The molecule has 1 aliphatic carbocycles. The minimum absolute atomic E-state index is 0.00819. The van der Waals surface area contributed by atoms with Crippen LogP contribution in [0.5, 0.6) is 0 Å². The molecule has 0 bridgehead atoms. The van der Waals surface area contributed by atoms with Gasteiger partial charge in [-0.25, -0.2) is 0 Å². The molecule has 0 heterocycles. The molecule has 27 heavy (non-hydrogen) atoms. The summed E-state index contributed by atoms with van der Waals surface area (Å²) >= 11 is 0. The number of hydrogen-bond donors (Lipinski definition) is 2. The van der Waals surface area contributed by atoms with Crippen molar-refractivity contribution in [1.82, 2.24) is 10.6 Å². The van der Waals surface area contributed by atoms with E-state index < -0.39 is 6.04 Å². The van der Waals surface area contributed by atoms with Crippen molar-refractivity contribution >= 4 is 11.8 Å². The topological polar surface area (TPSA) is 58.2 Å². The molecule has 4 heteroatoms. The van der Waals surface area contributed by atoms with E-state index in [-0.39, 0.29) is 23.8 Å². The highest BCUT2D eigenvalue weighted by molar-refractivity contribution is 5.98. The van der Waals surface area contributed by atoms with Crippen LogP contribution >= 0.6 is 0 Å². The molecule has 142 valence electrons. The number of benzene rings is 2. The Morgan fingerprint density at radius 3 is 2.37 bits per heavy atom. The molecule has 2 atom stereocenters. The van der Waals surface area contributed by atoms with Gasteiger partial charge in [-0.1, -0.05) is 56.3 Å². The summed E-state index contributed by atoms with van der Waals surface area (Å²) in [4.78, 5) is 25.5. The number of hydrogen-bond acceptors (Lipinski definition) is 2. The smallest absolute Gasteiger partial charge is 0.252 e. The Morgan fingerprint density at radius 1 is 1.00 bits per heavy atom. The average molecular weight is 364 g/mol. The third-order valence-corrected chi connectivity index (χ3v) is 5.32. The van der Waals surface area contributed by atoms with Crippen molar-refractivity contribution < 1.29 is 9.59 Å². The minimum Gasteiger partial charge on any atom is -0.351 e. The summed E-state index contributed by atoms with van der Waals surface area (Å²) in [5.74, 6) is -0.291. The number of carbonyl (C=O) groups excluding carboxylic acids is 2. The standard InChI is InChI=1S/C23H28N2O2/c1-15(2)21(25-22(26)20-11-7-4-8-16(20)3)23(27)24-19-13-12-17-9-5-6-10-18(17)14-19/h4-11,15,19,21H,12-14H2,1-3H3,(H,24,27)(H,25,26). The lowest BCUT2D eigenvalue weighted by Gasteiger charge is -2.29. The van der Waals surface area contributed by atoms with Crippen LogP contribution in [-0.4, -0.2) is 23.9 Å². The van der Waals surface area contributed by atoms with E-state index in [0.29, 0.717) is 5.56 Å². The SMILES string of the molecule is Cc1ccccc1C(=O)NC(C(=O)NC1CCc2ccccc2C1)C(C)C. The van der Waals surface area contributed by atoms with Gasteiger partial charge in [-0.05, 0) is 54.9 Å². The summed E-state index contributed by atoms with van der Waals surface area (Å²) < 4.78 is 0. The first-order chi connectivity index (χ1) is 13.0. The Labute approximate surface area is 161 Å². The van der Waals surface area contributed by atoms with Gasteiger partial charge in [0, 0.05) is 11.6 Å². The number of aryl methyl sites for hydroxylation is 2. The quantitative estimate of drug-likeness (QED) is 0.854. The molecule has 2 unspecified atom stereocenters. The second-order valence-electron chi connectivity index (χ2n) is 7.73. The first-order valence-electron chi connectivity index (χ1n) is 9.69. The molecule has 0 aliphatic heterocycles. The van der Waals surface area contributed by atoms with E-state index in [9.17, 15) is 9.59 Å². The molecule has 2 N–H and O–H groups in total. The van der Waals surface area contributed by atoms with Gasteiger partial charge in [0.2, 0.25) is 5.91 Å². The number of nitrogens with one attached hydrogen (secondary N) is 2. The Balaban J connectivity index is 1.66. The molecule has 4 nitrogen and oxygen atoms in total. The number of rotatable bonds is 5. The largest absolute Gasteiger partial charge is 0.351 e. The van der Waals surface area contributed by atoms with Crippen LogP contribution in [0.3, 0.4) is 0 Å². The fourth-order valence-electron chi connectivity index (χ4n) is 3.69. The molecule has 0 radical (unpaired) electrons. The van der Waals surface area contributed by atoms with Crippen LogP contribution in [0.25, 0.3) is 0 Å². The fraction of sp³-hybridized carbons (Fsp3) is 0.391. The normalized spacial score (nSPS) is 17.1. The van der Waals surface area contributed by atoms with Crippen molar-refractivity contribution in [2.45, 2.75) is 52.1 Å². The lowest BCUT2D eigenvalue weighted by Crippen LogP contribution is -2.53. The summed E-state index contributed by atoms with van der Waals surface area (Å²) in [6.07, 6.45) is 2.75. The van der Waals surface area contributed by atoms with Crippen molar-refractivity contribution in [2.24, 2.45) is 5.92 Å².